The first-order chi connectivity index (χ1) is 13.0. The van der Waals surface area contributed by atoms with Gasteiger partial charge in [0, 0.05) is 11.3 Å². The van der Waals surface area contributed by atoms with Crippen LogP contribution in [0.15, 0.2) is 63.7 Å². The molecule has 0 spiro atoms. The van der Waals surface area contributed by atoms with Gasteiger partial charge in [0.25, 0.3) is 11.8 Å². The van der Waals surface area contributed by atoms with Crippen LogP contribution in [0.1, 0.15) is 26.5 Å². The van der Waals surface area contributed by atoms with Crippen molar-refractivity contribution in [3.05, 3.63) is 76.2 Å². The van der Waals surface area contributed by atoms with E-state index in [2.05, 4.69) is 26.6 Å². The van der Waals surface area contributed by atoms with E-state index in [1.54, 1.807) is 42.5 Å². The van der Waals surface area contributed by atoms with Crippen LogP contribution in [-0.2, 0) is 0 Å². The zero-order valence-electron chi connectivity index (χ0n) is 14.7. The van der Waals surface area contributed by atoms with Gasteiger partial charge in [-0.1, -0.05) is 17.7 Å². The minimum atomic E-state index is -0.401. The number of hydrogen-bond donors (Lipinski definition) is 2. The number of carbonyl (C=O) groups is 2. The predicted molar refractivity (Wildman–Crippen MR) is 106 cm³/mol. The van der Waals surface area contributed by atoms with Crippen molar-refractivity contribution >= 4 is 39.1 Å². The van der Waals surface area contributed by atoms with Crippen molar-refractivity contribution in [1.29, 1.82) is 0 Å². The lowest BCUT2D eigenvalue weighted by molar-refractivity contribution is 0.0994. The minimum absolute atomic E-state index is 0.169. The lowest BCUT2D eigenvalue weighted by atomic mass is 10.1. The average Bonchev–Trinajstić information content (AvgIpc) is 3.08. The SMILES string of the molecule is COc1ccc(NC(=O)c2ccc(Br)o2)cc1NC(=O)c1cccc(C)c1. The summed E-state index contributed by atoms with van der Waals surface area (Å²) in [4.78, 5) is 24.7. The highest BCUT2D eigenvalue weighted by Crippen LogP contribution is 2.29. The number of ether oxygens (including phenoxy) is 1. The Morgan fingerprint density at radius 2 is 1.81 bits per heavy atom. The van der Waals surface area contributed by atoms with Crippen LogP contribution >= 0.6 is 15.9 Å². The van der Waals surface area contributed by atoms with Crippen LogP contribution in [0.3, 0.4) is 0 Å². The van der Waals surface area contributed by atoms with Gasteiger partial charge in [-0.2, -0.15) is 0 Å². The van der Waals surface area contributed by atoms with E-state index in [0.717, 1.165) is 5.56 Å². The second-order valence-electron chi connectivity index (χ2n) is 5.80. The van der Waals surface area contributed by atoms with E-state index in [1.807, 2.05) is 19.1 Å². The van der Waals surface area contributed by atoms with Crippen LogP contribution in [0.4, 0.5) is 11.4 Å². The van der Waals surface area contributed by atoms with Crippen LogP contribution in [-0.4, -0.2) is 18.9 Å². The van der Waals surface area contributed by atoms with Crippen molar-refractivity contribution in [2.24, 2.45) is 0 Å². The third-order valence-corrected chi connectivity index (χ3v) is 4.21. The number of aryl methyl sites for hydroxylation is 1. The van der Waals surface area contributed by atoms with Crippen LogP contribution in [0.5, 0.6) is 5.75 Å². The molecule has 3 rings (SSSR count). The highest BCUT2D eigenvalue weighted by Gasteiger charge is 2.14. The predicted octanol–water partition coefficient (Wildman–Crippen LogP) is 4.86. The minimum Gasteiger partial charge on any atom is -0.495 e. The molecular weight excluding hydrogens is 412 g/mol. The summed E-state index contributed by atoms with van der Waals surface area (Å²) in [5.74, 6) is -0.0185. The summed E-state index contributed by atoms with van der Waals surface area (Å²) in [6, 6.07) is 15.4. The standard InChI is InChI=1S/C20H17BrN2O4/c1-12-4-3-5-13(10-12)19(24)23-15-11-14(6-7-16(15)26-2)22-20(25)17-8-9-18(21)27-17/h3-11H,1-2H3,(H,22,25)(H,23,24). The summed E-state index contributed by atoms with van der Waals surface area (Å²) in [6.07, 6.45) is 0. The molecule has 2 N–H and O–H groups in total. The lowest BCUT2D eigenvalue weighted by Crippen LogP contribution is -2.14. The molecule has 0 fully saturated rings. The van der Waals surface area contributed by atoms with Crippen molar-refractivity contribution in [2.75, 3.05) is 17.7 Å². The normalized spacial score (nSPS) is 10.3. The number of nitrogens with one attached hydrogen (secondary N) is 2. The number of benzene rings is 2. The van der Waals surface area contributed by atoms with Crippen molar-refractivity contribution in [2.45, 2.75) is 6.92 Å². The molecule has 0 saturated carbocycles. The van der Waals surface area contributed by atoms with E-state index in [1.165, 1.54) is 7.11 Å². The van der Waals surface area contributed by atoms with Gasteiger partial charge in [-0.25, -0.2) is 0 Å². The number of carbonyl (C=O) groups excluding carboxylic acids is 2. The van der Waals surface area contributed by atoms with Crippen LogP contribution in [0, 0.1) is 6.92 Å². The molecule has 2 aromatic carbocycles. The Kier molecular flexibility index (Phi) is 5.61. The second-order valence-corrected chi connectivity index (χ2v) is 6.58. The van der Waals surface area contributed by atoms with Gasteiger partial charge in [0.05, 0.1) is 12.8 Å². The highest BCUT2D eigenvalue weighted by molar-refractivity contribution is 9.10. The van der Waals surface area contributed by atoms with E-state index in [9.17, 15) is 9.59 Å². The number of anilines is 2. The van der Waals surface area contributed by atoms with Gasteiger partial charge < -0.3 is 19.8 Å². The molecule has 0 aliphatic carbocycles. The van der Waals surface area contributed by atoms with Gasteiger partial charge in [-0.15, -0.1) is 0 Å². The molecule has 1 aromatic heterocycles. The van der Waals surface area contributed by atoms with E-state index in [4.69, 9.17) is 9.15 Å². The molecule has 138 valence electrons. The number of halogens is 1. The molecule has 0 saturated heterocycles. The molecular formula is C20H17BrN2O4. The zero-order valence-corrected chi connectivity index (χ0v) is 16.3. The Morgan fingerprint density at radius 3 is 2.48 bits per heavy atom. The summed E-state index contributed by atoms with van der Waals surface area (Å²) in [6.45, 7) is 1.92. The molecule has 6 nitrogen and oxygen atoms in total. The van der Waals surface area contributed by atoms with Crippen molar-refractivity contribution < 1.29 is 18.7 Å². The van der Waals surface area contributed by atoms with Crippen LogP contribution < -0.4 is 15.4 Å². The topological polar surface area (TPSA) is 80.6 Å². The Balaban J connectivity index is 1.81. The lowest BCUT2D eigenvalue weighted by Gasteiger charge is -2.13. The third-order valence-electron chi connectivity index (χ3n) is 3.78. The summed E-state index contributed by atoms with van der Waals surface area (Å²) < 4.78 is 11.0. The molecule has 0 radical (unpaired) electrons. The Labute approximate surface area is 164 Å². The van der Waals surface area contributed by atoms with Crippen molar-refractivity contribution in [3.63, 3.8) is 0 Å². The van der Waals surface area contributed by atoms with Crippen LogP contribution in [0.25, 0.3) is 0 Å². The van der Waals surface area contributed by atoms with Crippen molar-refractivity contribution in [1.82, 2.24) is 0 Å². The number of hydrogen-bond acceptors (Lipinski definition) is 4. The third kappa shape index (κ3) is 4.57. The summed E-state index contributed by atoms with van der Waals surface area (Å²) in [5, 5.41) is 5.54. The molecule has 3 aromatic rings. The molecule has 0 aliphatic heterocycles. The van der Waals surface area contributed by atoms with Gasteiger partial charge in [0.15, 0.2) is 10.4 Å². The maximum Gasteiger partial charge on any atom is 0.291 e. The fourth-order valence-electron chi connectivity index (χ4n) is 2.49. The summed E-state index contributed by atoms with van der Waals surface area (Å²) in [7, 11) is 1.51. The maximum atomic E-state index is 12.5. The Hall–Kier alpha value is -3.06. The fraction of sp³-hybridized carbons (Fsp3) is 0.100. The Bertz CT molecular complexity index is 997. The van der Waals surface area contributed by atoms with E-state index in [-0.39, 0.29) is 11.7 Å². The number of rotatable bonds is 5. The van der Waals surface area contributed by atoms with Gasteiger partial charge in [0.1, 0.15) is 5.75 Å². The summed E-state index contributed by atoms with van der Waals surface area (Å²) in [5.41, 5.74) is 2.46. The number of furan rings is 1. The van der Waals surface area contributed by atoms with Gasteiger partial charge in [-0.3, -0.25) is 9.59 Å². The van der Waals surface area contributed by atoms with Gasteiger partial charge in [-0.05, 0) is 65.3 Å². The largest absolute Gasteiger partial charge is 0.495 e. The zero-order chi connectivity index (χ0) is 19.4. The highest BCUT2D eigenvalue weighted by atomic mass is 79.9. The monoisotopic (exact) mass is 428 g/mol. The maximum absolute atomic E-state index is 12.5. The number of methoxy groups -OCH3 is 1. The van der Waals surface area contributed by atoms with E-state index >= 15 is 0 Å². The number of amides is 2. The molecule has 0 bridgehead atoms. The molecule has 0 unspecified atom stereocenters. The van der Waals surface area contributed by atoms with Gasteiger partial charge >= 0.3 is 0 Å². The quantitative estimate of drug-likeness (QED) is 0.607. The molecule has 1 heterocycles. The summed E-state index contributed by atoms with van der Waals surface area (Å²) >= 11 is 3.16. The van der Waals surface area contributed by atoms with Gasteiger partial charge in [0.2, 0.25) is 0 Å². The molecule has 0 atom stereocenters. The van der Waals surface area contributed by atoms with E-state index < -0.39 is 5.91 Å². The van der Waals surface area contributed by atoms with Crippen molar-refractivity contribution in [3.8, 4) is 5.75 Å². The molecule has 2 amide bonds. The first kappa shape index (κ1) is 18.7. The Morgan fingerprint density at radius 1 is 1.00 bits per heavy atom. The molecule has 0 aliphatic rings. The van der Waals surface area contributed by atoms with Crippen LogP contribution in [0.2, 0.25) is 0 Å². The fourth-order valence-corrected chi connectivity index (χ4v) is 2.80. The first-order valence-electron chi connectivity index (χ1n) is 8.09. The molecule has 27 heavy (non-hydrogen) atoms. The average molecular weight is 429 g/mol. The first-order valence-corrected chi connectivity index (χ1v) is 8.88. The smallest absolute Gasteiger partial charge is 0.291 e. The van der Waals surface area contributed by atoms with E-state index in [0.29, 0.717) is 27.4 Å². The molecule has 7 heteroatoms. The second kappa shape index (κ2) is 8.09.